The van der Waals surface area contributed by atoms with Gasteiger partial charge >= 0.3 is 0 Å². The van der Waals surface area contributed by atoms with Crippen LogP contribution in [-0.2, 0) is 48.8 Å². The van der Waals surface area contributed by atoms with Gasteiger partial charge in [0.25, 0.3) is 0 Å². The molecule has 5 unspecified atom stereocenters. The van der Waals surface area contributed by atoms with E-state index in [9.17, 15) is 8.42 Å². The normalized spacial score (nSPS) is 22.5. The molecule has 0 spiro atoms. The van der Waals surface area contributed by atoms with E-state index in [-0.39, 0.29) is 11.5 Å². The first-order valence-corrected chi connectivity index (χ1v) is 16.5. The van der Waals surface area contributed by atoms with Gasteiger partial charge in [0.15, 0.2) is 0 Å². The quantitative estimate of drug-likeness (QED) is 0.139. The Balaban J connectivity index is 1.40. The number of hydrogen-bond donors (Lipinski definition) is 1. The topological polar surface area (TPSA) is 83.1 Å². The molecule has 1 aliphatic rings. The summed E-state index contributed by atoms with van der Waals surface area (Å²) in [5.41, 5.74) is 3.05. The van der Waals surface area contributed by atoms with Crippen LogP contribution in [0.4, 0.5) is 0 Å². The lowest BCUT2D eigenvalue weighted by atomic mass is 10.00. The molecule has 1 N–H and O–H groups in total. The molecular formula is C33H34INO6S. The molecule has 5 rings (SSSR count). The molecule has 4 aromatic rings. The molecule has 1 fully saturated rings. The van der Waals surface area contributed by atoms with Crippen LogP contribution in [-0.4, -0.2) is 43.5 Å². The molecule has 0 aromatic heterocycles. The fraction of sp³-hybridized carbons (Fsp3) is 0.273. The van der Waals surface area contributed by atoms with Crippen molar-refractivity contribution in [2.75, 3.05) is 6.61 Å². The van der Waals surface area contributed by atoms with Crippen LogP contribution >= 0.6 is 22.6 Å². The Morgan fingerprint density at radius 3 is 1.62 bits per heavy atom. The third kappa shape index (κ3) is 8.47. The van der Waals surface area contributed by atoms with Gasteiger partial charge in [-0.15, -0.1) is 0 Å². The number of benzene rings is 4. The zero-order valence-electron chi connectivity index (χ0n) is 23.0. The van der Waals surface area contributed by atoms with Gasteiger partial charge in [0.2, 0.25) is 10.0 Å². The monoisotopic (exact) mass is 699 g/mol. The van der Waals surface area contributed by atoms with E-state index in [1.54, 1.807) is 30.3 Å². The highest BCUT2D eigenvalue weighted by Crippen LogP contribution is 2.32. The van der Waals surface area contributed by atoms with Crippen molar-refractivity contribution in [3.8, 4) is 0 Å². The Bertz CT molecular complexity index is 1460. The number of rotatable bonds is 13. The van der Waals surface area contributed by atoms with Gasteiger partial charge in [0.05, 0.1) is 35.2 Å². The molecule has 9 heteroatoms. The number of alkyl halides is 1. The molecule has 0 aliphatic carbocycles. The van der Waals surface area contributed by atoms with Gasteiger partial charge in [-0.05, 0) is 28.8 Å². The molecule has 5 atom stereocenters. The van der Waals surface area contributed by atoms with Crippen LogP contribution in [0, 0.1) is 0 Å². The largest absolute Gasteiger partial charge is 0.374 e. The highest BCUT2D eigenvalue weighted by atomic mass is 127. The molecule has 1 aliphatic heterocycles. The molecule has 0 saturated carbocycles. The fourth-order valence-corrected chi connectivity index (χ4v) is 7.11. The predicted octanol–water partition coefficient (Wildman–Crippen LogP) is 5.88. The van der Waals surface area contributed by atoms with Gasteiger partial charge in [0.1, 0.15) is 24.5 Å². The van der Waals surface area contributed by atoms with Crippen molar-refractivity contribution in [3.05, 3.63) is 138 Å². The Hall–Kier alpha value is -2.64. The van der Waals surface area contributed by atoms with Gasteiger partial charge in [-0.1, -0.05) is 132 Å². The van der Waals surface area contributed by atoms with Crippen molar-refractivity contribution in [3.63, 3.8) is 0 Å². The Morgan fingerprint density at radius 2 is 1.10 bits per heavy atom. The SMILES string of the molecule is O=S(=O)(NC1OC(COCc2ccccc2)C(OCc2ccccc2)C(OCc2ccccc2)C1I)c1ccccc1. The smallest absolute Gasteiger partial charge is 0.242 e. The van der Waals surface area contributed by atoms with Crippen LogP contribution in [0.1, 0.15) is 16.7 Å². The van der Waals surface area contributed by atoms with Gasteiger partial charge in [-0.25, -0.2) is 8.42 Å². The zero-order chi connectivity index (χ0) is 29.2. The minimum absolute atomic E-state index is 0.165. The number of sulfonamides is 1. The van der Waals surface area contributed by atoms with E-state index in [2.05, 4.69) is 27.3 Å². The summed E-state index contributed by atoms with van der Waals surface area (Å²) >= 11 is 2.21. The summed E-state index contributed by atoms with van der Waals surface area (Å²) in [6, 6.07) is 37.9. The van der Waals surface area contributed by atoms with Gasteiger partial charge < -0.3 is 18.9 Å². The van der Waals surface area contributed by atoms with E-state index < -0.39 is 38.5 Å². The summed E-state index contributed by atoms with van der Waals surface area (Å²) in [6.07, 6.45) is -2.51. The molecule has 220 valence electrons. The number of hydrogen-bond acceptors (Lipinski definition) is 6. The number of nitrogens with one attached hydrogen (secondary N) is 1. The second-order valence-electron chi connectivity index (χ2n) is 10.00. The van der Waals surface area contributed by atoms with Crippen molar-refractivity contribution in [2.45, 2.75) is 53.2 Å². The van der Waals surface area contributed by atoms with Crippen molar-refractivity contribution in [1.29, 1.82) is 0 Å². The molecule has 1 saturated heterocycles. The maximum Gasteiger partial charge on any atom is 0.242 e. The van der Waals surface area contributed by atoms with E-state index >= 15 is 0 Å². The summed E-state index contributed by atoms with van der Waals surface area (Å²) in [5.74, 6) is 0. The fourth-order valence-electron chi connectivity index (χ4n) is 4.74. The molecule has 0 amide bonds. The van der Waals surface area contributed by atoms with Crippen LogP contribution in [0.3, 0.4) is 0 Å². The molecular weight excluding hydrogens is 665 g/mol. The standard InChI is InChI=1S/C33H34INO6S/c34-30-32(40-23-27-17-9-3-10-18-27)31(39-22-26-15-7-2-8-16-26)29(24-38-21-25-13-5-1-6-14-25)41-33(30)35-42(36,37)28-19-11-4-12-20-28/h1-20,29-33,35H,21-24H2. The zero-order valence-corrected chi connectivity index (χ0v) is 26.0. The first kappa shape index (κ1) is 30.8. The van der Waals surface area contributed by atoms with Gasteiger partial charge in [-0.3, -0.25) is 0 Å². The molecule has 4 aromatic carbocycles. The lowest BCUT2D eigenvalue weighted by Crippen LogP contribution is -2.62. The Morgan fingerprint density at radius 1 is 0.643 bits per heavy atom. The van der Waals surface area contributed by atoms with Crippen LogP contribution in [0.15, 0.2) is 126 Å². The second kappa shape index (κ2) is 15.2. The van der Waals surface area contributed by atoms with Gasteiger partial charge in [0, 0.05) is 0 Å². The average Bonchev–Trinajstić information content (AvgIpc) is 3.03. The second-order valence-corrected chi connectivity index (χ2v) is 13.1. The minimum Gasteiger partial charge on any atom is -0.374 e. The summed E-state index contributed by atoms with van der Waals surface area (Å²) in [6.45, 7) is 1.26. The van der Waals surface area contributed by atoms with Gasteiger partial charge in [-0.2, -0.15) is 4.72 Å². The lowest BCUT2D eigenvalue weighted by Gasteiger charge is -2.44. The minimum atomic E-state index is -3.86. The summed E-state index contributed by atoms with van der Waals surface area (Å²) < 4.78 is 54.6. The van der Waals surface area contributed by atoms with E-state index in [0.717, 1.165) is 16.7 Å². The van der Waals surface area contributed by atoms with Crippen LogP contribution in [0.25, 0.3) is 0 Å². The molecule has 0 bridgehead atoms. The van der Waals surface area contributed by atoms with Crippen molar-refractivity contribution in [1.82, 2.24) is 4.72 Å². The van der Waals surface area contributed by atoms with Crippen LogP contribution < -0.4 is 4.72 Å². The van der Waals surface area contributed by atoms with Crippen molar-refractivity contribution in [2.24, 2.45) is 0 Å². The molecule has 0 radical (unpaired) electrons. The summed E-state index contributed by atoms with van der Waals surface area (Å²) in [7, 11) is -3.86. The van der Waals surface area contributed by atoms with Crippen molar-refractivity contribution >= 4 is 32.6 Å². The first-order chi connectivity index (χ1) is 20.5. The highest BCUT2D eigenvalue weighted by molar-refractivity contribution is 14.1. The van der Waals surface area contributed by atoms with E-state index in [1.807, 2.05) is 91.0 Å². The third-order valence-corrected chi connectivity index (χ3v) is 9.70. The van der Waals surface area contributed by atoms with Crippen LogP contribution in [0.5, 0.6) is 0 Å². The highest BCUT2D eigenvalue weighted by Gasteiger charge is 2.47. The predicted molar refractivity (Wildman–Crippen MR) is 169 cm³/mol. The third-order valence-electron chi connectivity index (χ3n) is 6.90. The average molecular weight is 700 g/mol. The molecule has 1 heterocycles. The maximum atomic E-state index is 13.3. The van der Waals surface area contributed by atoms with E-state index in [1.165, 1.54) is 0 Å². The number of ether oxygens (including phenoxy) is 4. The van der Waals surface area contributed by atoms with Crippen molar-refractivity contribution < 1.29 is 27.4 Å². The maximum absolute atomic E-state index is 13.3. The molecule has 42 heavy (non-hydrogen) atoms. The summed E-state index contributed by atoms with van der Waals surface area (Å²) in [5, 5.41) is 0. The Kier molecular flexibility index (Phi) is 11.1. The van der Waals surface area contributed by atoms with Crippen LogP contribution in [0.2, 0.25) is 0 Å². The van der Waals surface area contributed by atoms with E-state index in [0.29, 0.717) is 19.8 Å². The summed E-state index contributed by atoms with van der Waals surface area (Å²) in [4.78, 5) is 0.165. The molecule has 7 nitrogen and oxygen atoms in total. The van der Waals surface area contributed by atoms with E-state index in [4.69, 9.17) is 18.9 Å². The Labute approximate surface area is 261 Å². The lowest BCUT2D eigenvalue weighted by molar-refractivity contribution is -0.216. The first-order valence-electron chi connectivity index (χ1n) is 13.8. The number of halogens is 1.